The maximum absolute atomic E-state index is 14.0. The van der Waals surface area contributed by atoms with Crippen molar-refractivity contribution >= 4 is 21.6 Å². The molecule has 1 aromatic carbocycles. The standard InChI is InChI=1S/C18H20ClFN2O4S/c1-27(23,24)22-16-3-2-8-25-17(16)11-26-14-6-4-12(5-7-14)18-15(20)9-13(19)10-21-18/h4-7,9-10,16-17,22H,2-3,8,11H2,1H3/t16-,17+/m0/s1. The molecule has 0 saturated carbocycles. The fraction of sp³-hybridized carbons (Fsp3) is 0.389. The molecule has 0 spiro atoms. The highest BCUT2D eigenvalue weighted by molar-refractivity contribution is 7.88. The van der Waals surface area contributed by atoms with Gasteiger partial charge in [-0.2, -0.15) is 0 Å². The van der Waals surface area contributed by atoms with E-state index in [1.54, 1.807) is 24.3 Å². The number of hydrogen-bond acceptors (Lipinski definition) is 5. The van der Waals surface area contributed by atoms with E-state index >= 15 is 0 Å². The van der Waals surface area contributed by atoms with Gasteiger partial charge in [-0.3, -0.25) is 4.98 Å². The van der Waals surface area contributed by atoms with E-state index in [9.17, 15) is 12.8 Å². The summed E-state index contributed by atoms with van der Waals surface area (Å²) in [6, 6.07) is 7.69. The van der Waals surface area contributed by atoms with Gasteiger partial charge in [-0.1, -0.05) is 11.6 Å². The number of ether oxygens (including phenoxy) is 2. The lowest BCUT2D eigenvalue weighted by atomic mass is 10.0. The van der Waals surface area contributed by atoms with Gasteiger partial charge in [0.1, 0.15) is 24.2 Å². The molecule has 2 aromatic rings. The lowest BCUT2D eigenvalue weighted by Crippen LogP contribution is -2.49. The van der Waals surface area contributed by atoms with Crippen LogP contribution in [0.1, 0.15) is 12.8 Å². The SMILES string of the molecule is CS(=O)(=O)N[C@H]1CCCO[C@@H]1COc1ccc(-c2ncc(Cl)cc2F)cc1. The molecule has 1 N–H and O–H groups in total. The van der Waals surface area contributed by atoms with E-state index in [0.29, 0.717) is 24.3 Å². The third-order valence-corrected chi connectivity index (χ3v) is 5.09. The Labute approximate surface area is 162 Å². The Bertz CT molecular complexity index is 893. The molecule has 2 heterocycles. The molecule has 1 aliphatic rings. The first kappa shape index (κ1) is 20.0. The van der Waals surface area contributed by atoms with Gasteiger partial charge in [0.2, 0.25) is 10.0 Å². The average molecular weight is 415 g/mol. The van der Waals surface area contributed by atoms with Crippen molar-refractivity contribution in [2.24, 2.45) is 0 Å². The summed E-state index contributed by atoms with van der Waals surface area (Å²) in [6.07, 6.45) is 3.63. The van der Waals surface area contributed by atoms with Crippen molar-refractivity contribution in [1.29, 1.82) is 0 Å². The number of rotatable bonds is 6. The quantitative estimate of drug-likeness (QED) is 0.786. The predicted octanol–water partition coefficient (Wildman–Crippen LogP) is 3.02. The van der Waals surface area contributed by atoms with Gasteiger partial charge in [0.25, 0.3) is 0 Å². The van der Waals surface area contributed by atoms with Crippen molar-refractivity contribution in [2.45, 2.75) is 25.0 Å². The van der Waals surface area contributed by atoms with Crippen LogP contribution in [0.15, 0.2) is 36.5 Å². The minimum atomic E-state index is -3.32. The number of pyridine rings is 1. The van der Waals surface area contributed by atoms with Crippen molar-refractivity contribution in [3.63, 3.8) is 0 Å². The molecule has 1 aliphatic heterocycles. The molecular weight excluding hydrogens is 395 g/mol. The highest BCUT2D eigenvalue weighted by Crippen LogP contribution is 2.25. The number of nitrogens with one attached hydrogen (secondary N) is 1. The van der Waals surface area contributed by atoms with E-state index in [4.69, 9.17) is 21.1 Å². The Morgan fingerprint density at radius 1 is 1.37 bits per heavy atom. The molecule has 1 fully saturated rings. The third kappa shape index (κ3) is 5.62. The van der Waals surface area contributed by atoms with Gasteiger partial charge in [-0.05, 0) is 43.2 Å². The van der Waals surface area contributed by atoms with Crippen molar-refractivity contribution in [3.8, 4) is 17.0 Å². The van der Waals surface area contributed by atoms with E-state index in [1.165, 1.54) is 12.3 Å². The van der Waals surface area contributed by atoms with Crippen LogP contribution in [0.3, 0.4) is 0 Å². The molecule has 1 saturated heterocycles. The minimum absolute atomic E-state index is 0.207. The zero-order valence-corrected chi connectivity index (χ0v) is 16.3. The van der Waals surface area contributed by atoms with Crippen molar-refractivity contribution in [1.82, 2.24) is 9.71 Å². The van der Waals surface area contributed by atoms with E-state index in [2.05, 4.69) is 9.71 Å². The molecule has 0 aliphatic carbocycles. The van der Waals surface area contributed by atoms with Crippen molar-refractivity contribution < 1.29 is 22.3 Å². The lowest BCUT2D eigenvalue weighted by molar-refractivity contribution is -0.0278. The smallest absolute Gasteiger partial charge is 0.209 e. The summed E-state index contributed by atoms with van der Waals surface area (Å²) >= 11 is 5.72. The van der Waals surface area contributed by atoms with E-state index in [0.717, 1.165) is 12.7 Å². The molecular formula is C18H20ClFN2O4S. The fourth-order valence-electron chi connectivity index (χ4n) is 2.93. The predicted molar refractivity (Wildman–Crippen MR) is 101 cm³/mol. The Hall–Kier alpha value is -1.74. The van der Waals surface area contributed by atoms with Crippen LogP contribution >= 0.6 is 11.6 Å². The number of benzene rings is 1. The van der Waals surface area contributed by atoms with E-state index < -0.39 is 15.8 Å². The molecule has 0 radical (unpaired) electrons. The second-order valence-electron chi connectivity index (χ2n) is 6.37. The Morgan fingerprint density at radius 2 is 2.11 bits per heavy atom. The highest BCUT2D eigenvalue weighted by atomic mass is 35.5. The van der Waals surface area contributed by atoms with Gasteiger partial charge >= 0.3 is 0 Å². The first-order chi connectivity index (χ1) is 12.8. The number of hydrogen-bond donors (Lipinski definition) is 1. The molecule has 146 valence electrons. The summed E-state index contributed by atoms with van der Waals surface area (Å²) in [5.41, 5.74) is 0.807. The largest absolute Gasteiger partial charge is 0.491 e. The Balaban J connectivity index is 1.64. The van der Waals surface area contributed by atoms with Gasteiger partial charge in [-0.25, -0.2) is 17.5 Å². The number of sulfonamides is 1. The molecule has 0 amide bonds. The molecule has 2 atom stereocenters. The third-order valence-electron chi connectivity index (χ3n) is 4.16. The first-order valence-electron chi connectivity index (χ1n) is 8.45. The second-order valence-corrected chi connectivity index (χ2v) is 8.58. The molecule has 0 unspecified atom stereocenters. The molecule has 1 aromatic heterocycles. The zero-order valence-electron chi connectivity index (χ0n) is 14.7. The molecule has 3 rings (SSSR count). The van der Waals surface area contributed by atoms with Crippen molar-refractivity contribution in [2.75, 3.05) is 19.5 Å². The second kappa shape index (κ2) is 8.52. The maximum atomic E-state index is 14.0. The Morgan fingerprint density at radius 3 is 2.78 bits per heavy atom. The normalized spacial score (nSPS) is 20.4. The fourth-order valence-corrected chi connectivity index (χ4v) is 3.89. The molecule has 0 bridgehead atoms. The lowest BCUT2D eigenvalue weighted by Gasteiger charge is -2.31. The highest BCUT2D eigenvalue weighted by Gasteiger charge is 2.29. The molecule has 27 heavy (non-hydrogen) atoms. The number of halogens is 2. The van der Waals surface area contributed by atoms with Crippen LogP contribution in [0.2, 0.25) is 5.02 Å². The van der Waals surface area contributed by atoms with Gasteiger partial charge in [-0.15, -0.1) is 0 Å². The van der Waals surface area contributed by atoms with Crippen LogP contribution < -0.4 is 9.46 Å². The van der Waals surface area contributed by atoms with Gasteiger partial charge in [0.05, 0.1) is 17.3 Å². The van der Waals surface area contributed by atoms with Crippen LogP contribution in [0, 0.1) is 5.82 Å². The van der Waals surface area contributed by atoms with Crippen LogP contribution in [0.5, 0.6) is 5.75 Å². The van der Waals surface area contributed by atoms with Crippen LogP contribution in [-0.4, -0.2) is 45.0 Å². The zero-order chi connectivity index (χ0) is 19.4. The van der Waals surface area contributed by atoms with E-state index in [-0.39, 0.29) is 29.5 Å². The Kier molecular flexibility index (Phi) is 6.31. The summed E-state index contributed by atoms with van der Waals surface area (Å²) in [5.74, 6) is 0.0712. The van der Waals surface area contributed by atoms with Crippen molar-refractivity contribution in [3.05, 3.63) is 47.4 Å². The summed E-state index contributed by atoms with van der Waals surface area (Å²) in [4.78, 5) is 4.01. The summed E-state index contributed by atoms with van der Waals surface area (Å²) in [6.45, 7) is 0.774. The molecule has 6 nitrogen and oxygen atoms in total. The maximum Gasteiger partial charge on any atom is 0.209 e. The minimum Gasteiger partial charge on any atom is -0.491 e. The van der Waals surface area contributed by atoms with E-state index in [1.807, 2.05) is 0 Å². The van der Waals surface area contributed by atoms with Crippen LogP contribution in [-0.2, 0) is 14.8 Å². The number of nitrogens with zero attached hydrogens (tertiary/aromatic N) is 1. The first-order valence-corrected chi connectivity index (χ1v) is 10.7. The average Bonchev–Trinajstić information content (AvgIpc) is 2.60. The summed E-state index contributed by atoms with van der Waals surface area (Å²) in [7, 11) is -3.32. The summed E-state index contributed by atoms with van der Waals surface area (Å²) < 4.78 is 50.9. The molecule has 9 heteroatoms. The van der Waals surface area contributed by atoms with Gasteiger partial charge in [0, 0.05) is 18.4 Å². The monoisotopic (exact) mass is 414 g/mol. The number of aromatic nitrogens is 1. The van der Waals surface area contributed by atoms with Crippen LogP contribution in [0.4, 0.5) is 4.39 Å². The van der Waals surface area contributed by atoms with Crippen LogP contribution in [0.25, 0.3) is 11.3 Å². The van der Waals surface area contributed by atoms with Gasteiger partial charge in [0.15, 0.2) is 5.82 Å². The van der Waals surface area contributed by atoms with Gasteiger partial charge < -0.3 is 9.47 Å². The summed E-state index contributed by atoms with van der Waals surface area (Å²) in [5, 5.41) is 0.237. The topological polar surface area (TPSA) is 77.5 Å².